The van der Waals surface area contributed by atoms with Crippen molar-refractivity contribution in [2.75, 3.05) is 31.1 Å². The lowest BCUT2D eigenvalue weighted by atomic mass is 10.1. The summed E-state index contributed by atoms with van der Waals surface area (Å²) in [4.78, 5) is 32.6. The fourth-order valence-corrected chi connectivity index (χ4v) is 4.14. The maximum Gasteiger partial charge on any atom is 0.317 e. The van der Waals surface area contributed by atoms with Gasteiger partial charge in [0.1, 0.15) is 16.6 Å². The molecule has 160 valence electrons. The fraction of sp³-hybridized carbons (Fsp3) is 0.350. The second-order valence-electron chi connectivity index (χ2n) is 7.62. The number of fused-ring (bicyclic) bond motifs is 1. The number of carbonyl (C=O) groups is 1. The molecule has 1 N–H and O–H groups in total. The van der Waals surface area contributed by atoms with E-state index < -0.39 is 0 Å². The first-order valence-corrected chi connectivity index (χ1v) is 10.3. The van der Waals surface area contributed by atoms with Crippen LogP contribution in [0.25, 0.3) is 11.3 Å². The van der Waals surface area contributed by atoms with Gasteiger partial charge in [0.2, 0.25) is 0 Å². The third kappa shape index (κ3) is 3.63. The number of hydrogen-bond donors (Lipinski definition) is 1. The van der Waals surface area contributed by atoms with Gasteiger partial charge >= 0.3 is 6.03 Å². The summed E-state index contributed by atoms with van der Waals surface area (Å²) >= 11 is 5.87. The van der Waals surface area contributed by atoms with Crippen LogP contribution >= 0.6 is 11.6 Å². The first-order valence-electron chi connectivity index (χ1n) is 9.93. The Hall–Kier alpha value is -3.40. The highest BCUT2D eigenvalue weighted by Crippen LogP contribution is 2.26. The summed E-state index contributed by atoms with van der Waals surface area (Å²) in [6.07, 6.45) is 3.30. The van der Waals surface area contributed by atoms with Gasteiger partial charge in [-0.25, -0.2) is 14.5 Å². The van der Waals surface area contributed by atoms with E-state index in [4.69, 9.17) is 16.1 Å². The first-order chi connectivity index (χ1) is 15.0. The Morgan fingerprint density at radius 3 is 2.90 bits per heavy atom. The molecule has 2 amide bonds. The highest BCUT2D eigenvalue weighted by Gasteiger charge is 2.35. The van der Waals surface area contributed by atoms with Gasteiger partial charge in [0, 0.05) is 49.6 Å². The van der Waals surface area contributed by atoms with E-state index in [9.17, 15) is 9.59 Å². The van der Waals surface area contributed by atoms with Crippen molar-refractivity contribution in [2.45, 2.75) is 19.5 Å². The number of rotatable bonds is 4. The van der Waals surface area contributed by atoms with Crippen LogP contribution < -0.4 is 15.8 Å². The van der Waals surface area contributed by atoms with Crippen LogP contribution in [0.5, 0.6) is 0 Å². The van der Waals surface area contributed by atoms with Gasteiger partial charge in [-0.2, -0.15) is 5.10 Å². The second kappa shape index (κ2) is 7.69. The highest BCUT2D eigenvalue weighted by atomic mass is 35.5. The maximum atomic E-state index is 12.8. The number of amides is 2. The van der Waals surface area contributed by atoms with Crippen LogP contribution in [0.1, 0.15) is 11.3 Å². The van der Waals surface area contributed by atoms with Crippen molar-refractivity contribution in [1.29, 1.82) is 0 Å². The van der Waals surface area contributed by atoms with Gasteiger partial charge < -0.3 is 19.6 Å². The van der Waals surface area contributed by atoms with E-state index in [-0.39, 0.29) is 24.2 Å². The van der Waals surface area contributed by atoms with E-state index in [0.29, 0.717) is 42.8 Å². The van der Waals surface area contributed by atoms with E-state index in [1.165, 1.54) is 4.68 Å². The Bertz CT molecular complexity index is 1190. The molecule has 0 aromatic carbocycles. The third-order valence-corrected chi connectivity index (χ3v) is 5.97. The van der Waals surface area contributed by atoms with Crippen molar-refractivity contribution in [3.63, 3.8) is 0 Å². The zero-order chi connectivity index (χ0) is 21.5. The Morgan fingerprint density at radius 1 is 1.26 bits per heavy atom. The average Bonchev–Trinajstić information content (AvgIpc) is 3.32. The van der Waals surface area contributed by atoms with Crippen LogP contribution in [-0.4, -0.2) is 63.1 Å². The van der Waals surface area contributed by atoms with Crippen LogP contribution in [-0.2, 0) is 6.54 Å². The highest BCUT2D eigenvalue weighted by molar-refractivity contribution is 6.29. The SMILES string of the molecule is Cc1onc(-c2ccc(Cl)nc2)c1Cn1ncc(N2CCN3C(=O)NC[C@H]3C2)cc1=O. The summed E-state index contributed by atoms with van der Waals surface area (Å²) in [7, 11) is 0. The molecule has 0 aliphatic carbocycles. The summed E-state index contributed by atoms with van der Waals surface area (Å²) in [5.41, 5.74) is 2.65. The number of aromatic nitrogens is 4. The minimum absolute atomic E-state index is 0.0195. The van der Waals surface area contributed by atoms with E-state index in [0.717, 1.165) is 16.8 Å². The number of hydrogen-bond acceptors (Lipinski definition) is 7. The second-order valence-corrected chi connectivity index (χ2v) is 8.01. The number of nitrogens with one attached hydrogen (secondary N) is 1. The van der Waals surface area contributed by atoms with Gasteiger partial charge in [-0.3, -0.25) is 4.79 Å². The molecule has 10 nitrogen and oxygen atoms in total. The Morgan fingerprint density at radius 2 is 2.13 bits per heavy atom. The predicted molar refractivity (Wildman–Crippen MR) is 113 cm³/mol. The normalized spacial score (nSPS) is 18.3. The number of anilines is 1. The number of carbonyl (C=O) groups excluding carboxylic acids is 1. The third-order valence-electron chi connectivity index (χ3n) is 5.75. The molecule has 31 heavy (non-hydrogen) atoms. The molecule has 5 heterocycles. The van der Waals surface area contributed by atoms with Crippen molar-refractivity contribution in [3.05, 3.63) is 57.4 Å². The smallest absolute Gasteiger partial charge is 0.317 e. The molecule has 5 rings (SSSR count). The van der Waals surface area contributed by atoms with Crippen LogP contribution in [0.3, 0.4) is 0 Å². The molecular weight excluding hydrogens is 422 g/mol. The topological polar surface area (TPSA) is 109 Å². The summed E-state index contributed by atoms with van der Waals surface area (Å²) in [6.45, 7) is 4.59. The number of piperazine rings is 1. The lowest BCUT2D eigenvalue weighted by Gasteiger charge is -2.37. The van der Waals surface area contributed by atoms with Gasteiger partial charge in [0.25, 0.3) is 5.56 Å². The van der Waals surface area contributed by atoms with Crippen LogP contribution in [0.4, 0.5) is 10.5 Å². The number of aryl methyl sites for hydroxylation is 1. The van der Waals surface area contributed by atoms with E-state index in [1.807, 2.05) is 4.90 Å². The summed E-state index contributed by atoms with van der Waals surface area (Å²) in [5, 5.41) is 11.7. The zero-order valence-electron chi connectivity index (χ0n) is 16.8. The van der Waals surface area contributed by atoms with E-state index in [1.54, 1.807) is 37.5 Å². The Labute approximate surface area is 182 Å². The molecule has 0 radical (unpaired) electrons. The largest absolute Gasteiger partial charge is 0.366 e. The molecule has 0 spiro atoms. The lowest BCUT2D eigenvalue weighted by Crippen LogP contribution is -2.52. The molecule has 11 heteroatoms. The molecule has 1 atom stereocenters. The molecule has 2 aliphatic heterocycles. The maximum absolute atomic E-state index is 12.8. The molecule has 0 unspecified atom stereocenters. The molecule has 3 aromatic heterocycles. The monoisotopic (exact) mass is 441 g/mol. The minimum atomic E-state index is -0.221. The molecule has 0 saturated carbocycles. The van der Waals surface area contributed by atoms with Crippen molar-refractivity contribution in [2.24, 2.45) is 0 Å². The molecule has 2 fully saturated rings. The van der Waals surface area contributed by atoms with Crippen LogP contribution in [0.15, 0.2) is 39.9 Å². The minimum Gasteiger partial charge on any atom is -0.366 e. The Kier molecular flexibility index (Phi) is 4.85. The lowest BCUT2D eigenvalue weighted by molar-refractivity contribution is 0.197. The van der Waals surface area contributed by atoms with Crippen LogP contribution in [0.2, 0.25) is 5.15 Å². The van der Waals surface area contributed by atoms with Gasteiger partial charge in [-0.05, 0) is 19.1 Å². The van der Waals surface area contributed by atoms with E-state index >= 15 is 0 Å². The Balaban J connectivity index is 1.37. The summed E-state index contributed by atoms with van der Waals surface area (Å²) < 4.78 is 6.74. The number of halogens is 1. The molecular formula is C20H20ClN7O3. The van der Waals surface area contributed by atoms with Gasteiger partial charge in [0.15, 0.2) is 0 Å². The van der Waals surface area contributed by atoms with Crippen molar-refractivity contribution in [1.82, 2.24) is 30.1 Å². The van der Waals surface area contributed by atoms with E-state index in [2.05, 4.69) is 25.5 Å². The first kappa shape index (κ1) is 19.6. The van der Waals surface area contributed by atoms with Gasteiger partial charge in [0.05, 0.1) is 24.5 Å². The van der Waals surface area contributed by atoms with Crippen molar-refractivity contribution < 1.29 is 9.32 Å². The molecule has 0 bridgehead atoms. The number of pyridine rings is 1. The summed E-state index contributed by atoms with van der Waals surface area (Å²) in [5.74, 6) is 0.609. The average molecular weight is 442 g/mol. The summed E-state index contributed by atoms with van der Waals surface area (Å²) in [6, 6.07) is 5.15. The fourth-order valence-electron chi connectivity index (χ4n) is 4.02. The standard InChI is InChI=1S/C20H20ClN7O3/c1-12-16(19(25-31-12)13-2-3-17(21)22-7-13)11-28-18(29)6-14(9-24-28)26-4-5-27-15(10-26)8-23-20(27)30/h2-3,6-7,9,15H,4-5,8,10-11H2,1H3,(H,23,30)/t15-/m0/s1. The van der Waals surface area contributed by atoms with Crippen molar-refractivity contribution in [3.8, 4) is 11.3 Å². The molecule has 2 saturated heterocycles. The van der Waals surface area contributed by atoms with Crippen molar-refractivity contribution >= 4 is 23.3 Å². The predicted octanol–water partition coefficient (Wildman–Crippen LogP) is 1.52. The van der Waals surface area contributed by atoms with Gasteiger partial charge in [-0.15, -0.1) is 0 Å². The number of urea groups is 1. The van der Waals surface area contributed by atoms with Crippen LogP contribution in [0, 0.1) is 6.92 Å². The van der Waals surface area contributed by atoms with Gasteiger partial charge in [-0.1, -0.05) is 16.8 Å². The quantitative estimate of drug-likeness (QED) is 0.611. The molecule has 3 aromatic rings. The zero-order valence-corrected chi connectivity index (χ0v) is 17.5. The number of nitrogens with zero attached hydrogens (tertiary/aromatic N) is 6. The molecule has 2 aliphatic rings.